The molecule has 1 radical (unpaired) electrons. The van der Waals surface area contributed by atoms with E-state index in [1.54, 1.807) is 0 Å². The molecule has 101 valence electrons. The van der Waals surface area contributed by atoms with E-state index in [0.29, 0.717) is 0 Å². The van der Waals surface area contributed by atoms with Gasteiger partial charge in [0.2, 0.25) is 0 Å². The molecule has 0 saturated carbocycles. The van der Waals surface area contributed by atoms with Gasteiger partial charge in [-0.2, -0.15) is 0 Å². The van der Waals surface area contributed by atoms with Crippen LogP contribution in [0.4, 0.5) is 0 Å². The summed E-state index contributed by atoms with van der Waals surface area (Å²) in [4.78, 5) is 4.74. The maximum absolute atomic E-state index is 4.74. The van der Waals surface area contributed by atoms with E-state index < -0.39 is 0 Å². The minimum Gasteiger partial charge on any atom is -0.340 e. The van der Waals surface area contributed by atoms with Crippen molar-refractivity contribution in [1.82, 2.24) is 9.38 Å². The quantitative estimate of drug-likeness (QED) is 0.325. The molecule has 0 atom stereocenters. The van der Waals surface area contributed by atoms with Gasteiger partial charge < -0.3 is 4.40 Å². The van der Waals surface area contributed by atoms with Gasteiger partial charge in [0.05, 0.1) is 5.65 Å². The Kier molecular flexibility index (Phi) is 3.33. The molecule has 4 aromatic rings. The van der Waals surface area contributed by atoms with Crippen LogP contribution in [0.1, 0.15) is 12.6 Å². The maximum Gasteiger partial charge on any atom is 0.0612 e. The predicted octanol–water partition coefficient (Wildman–Crippen LogP) is 4.00. The molecule has 0 aliphatic heterocycles. The molecule has 0 N–H and O–H groups in total. The second kappa shape index (κ2) is 5.01. The zero-order chi connectivity index (χ0) is 12.8. The van der Waals surface area contributed by atoms with E-state index in [9.17, 15) is 0 Å². The van der Waals surface area contributed by atoms with Crippen LogP contribution in [0.25, 0.3) is 27.3 Å². The van der Waals surface area contributed by atoms with Crippen LogP contribution in [-0.4, -0.2) is 9.38 Å². The van der Waals surface area contributed by atoms with Gasteiger partial charge in [-0.05, 0) is 17.9 Å². The molecule has 0 fully saturated rings. The van der Waals surface area contributed by atoms with Crippen molar-refractivity contribution < 1.29 is 20.1 Å². The largest absolute Gasteiger partial charge is 0.340 e. The summed E-state index contributed by atoms with van der Waals surface area (Å²) < 4.78 is 2.19. The summed E-state index contributed by atoms with van der Waals surface area (Å²) in [6.45, 7) is 2.13. The topological polar surface area (TPSA) is 17.3 Å². The van der Waals surface area contributed by atoms with Crippen molar-refractivity contribution >= 4 is 27.3 Å². The monoisotopic (exact) mass is 438 g/mol. The van der Waals surface area contributed by atoms with E-state index in [-0.39, 0.29) is 20.1 Å². The van der Waals surface area contributed by atoms with Gasteiger partial charge in [0.25, 0.3) is 0 Å². The summed E-state index contributed by atoms with van der Waals surface area (Å²) >= 11 is 0. The van der Waals surface area contributed by atoms with Crippen LogP contribution in [-0.2, 0) is 26.5 Å². The molecular weight excluding hydrogens is 424 g/mol. The molecule has 0 unspecified atom stereocenters. The molecular formula is C17H13IrN2-. The van der Waals surface area contributed by atoms with Gasteiger partial charge >= 0.3 is 0 Å². The zero-order valence-electron chi connectivity index (χ0n) is 11.1. The third kappa shape index (κ3) is 1.78. The smallest absolute Gasteiger partial charge is 0.0612 e. The van der Waals surface area contributed by atoms with Gasteiger partial charge in [0.1, 0.15) is 0 Å². The molecule has 20 heavy (non-hydrogen) atoms. The van der Waals surface area contributed by atoms with Crippen molar-refractivity contribution in [2.75, 3.05) is 0 Å². The first kappa shape index (κ1) is 13.3. The molecule has 0 amide bonds. The van der Waals surface area contributed by atoms with Crippen LogP contribution in [0.2, 0.25) is 0 Å². The Morgan fingerprint density at radius 1 is 1.10 bits per heavy atom. The van der Waals surface area contributed by atoms with Crippen molar-refractivity contribution in [3.8, 4) is 0 Å². The van der Waals surface area contributed by atoms with E-state index in [2.05, 4.69) is 53.9 Å². The SMILES string of the molecule is CCc1cn2c3ccccc3c3ccc[c-]c3c2n1.[Ir]. The third-order valence-electron chi connectivity index (χ3n) is 3.65. The zero-order valence-corrected chi connectivity index (χ0v) is 13.4. The molecule has 4 rings (SSSR count). The van der Waals surface area contributed by atoms with Crippen molar-refractivity contribution in [1.29, 1.82) is 0 Å². The number of para-hydroxylation sites is 1. The number of imidazole rings is 1. The maximum atomic E-state index is 4.74. The molecule has 0 spiro atoms. The summed E-state index contributed by atoms with van der Waals surface area (Å²) in [5, 5.41) is 3.57. The van der Waals surface area contributed by atoms with Crippen LogP contribution < -0.4 is 0 Å². The summed E-state index contributed by atoms with van der Waals surface area (Å²) in [7, 11) is 0. The average Bonchev–Trinajstić information content (AvgIpc) is 2.92. The van der Waals surface area contributed by atoms with E-state index in [0.717, 1.165) is 23.1 Å². The summed E-state index contributed by atoms with van der Waals surface area (Å²) in [5.74, 6) is 0. The first-order valence-electron chi connectivity index (χ1n) is 6.57. The van der Waals surface area contributed by atoms with E-state index in [1.165, 1.54) is 16.3 Å². The number of pyridine rings is 1. The Morgan fingerprint density at radius 3 is 2.75 bits per heavy atom. The van der Waals surface area contributed by atoms with Crippen molar-refractivity contribution in [3.63, 3.8) is 0 Å². The molecule has 2 nitrogen and oxygen atoms in total. The molecule has 2 heterocycles. The first-order valence-corrected chi connectivity index (χ1v) is 6.57. The summed E-state index contributed by atoms with van der Waals surface area (Å²) in [5.41, 5.74) is 3.33. The Morgan fingerprint density at radius 2 is 1.90 bits per heavy atom. The van der Waals surface area contributed by atoms with Crippen LogP contribution in [0.5, 0.6) is 0 Å². The fourth-order valence-corrected chi connectivity index (χ4v) is 2.72. The summed E-state index contributed by atoms with van der Waals surface area (Å²) in [6.07, 6.45) is 3.09. The molecule has 0 saturated heterocycles. The van der Waals surface area contributed by atoms with Gasteiger partial charge in [0.15, 0.2) is 0 Å². The predicted molar refractivity (Wildman–Crippen MR) is 78.4 cm³/mol. The van der Waals surface area contributed by atoms with Crippen molar-refractivity contribution in [2.45, 2.75) is 13.3 Å². The number of nitrogens with zero attached hydrogens (tertiary/aromatic N) is 2. The minimum atomic E-state index is 0. The molecule has 0 aliphatic rings. The van der Waals surface area contributed by atoms with Gasteiger partial charge in [0, 0.05) is 37.5 Å². The minimum absolute atomic E-state index is 0. The second-order valence-electron chi connectivity index (χ2n) is 4.76. The number of aryl methyl sites for hydroxylation is 1. The van der Waals surface area contributed by atoms with Crippen LogP contribution in [0, 0.1) is 6.07 Å². The number of hydrogen-bond donors (Lipinski definition) is 0. The fraction of sp³-hybridized carbons (Fsp3) is 0.118. The van der Waals surface area contributed by atoms with Crippen LogP contribution >= 0.6 is 0 Å². The molecule has 0 aliphatic carbocycles. The molecule has 2 aromatic heterocycles. The van der Waals surface area contributed by atoms with E-state index >= 15 is 0 Å². The standard InChI is InChI=1S/C17H13N2.Ir/c1-2-12-11-19-16-10-6-5-8-14(16)13-7-3-4-9-15(13)17(19)18-12;/h3-8,10-11H,2H2,1H3;/q-1;. The van der Waals surface area contributed by atoms with E-state index in [4.69, 9.17) is 4.98 Å². The molecule has 3 heteroatoms. The van der Waals surface area contributed by atoms with Gasteiger partial charge in [-0.3, -0.25) is 4.98 Å². The van der Waals surface area contributed by atoms with Crippen LogP contribution in [0.15, 0.2) is 48.7 Å². The normalized spacial score (nSPS) is 11.1. The number of hydrogen-bond acceptors (Lipinski definition) is 1. The number of rotatable bonds is 1. The van der Waals surface area contributed by atoms with Crippen molar-refractivity contribution in [3.05, 3.63) is 60.4 Å². The Labute approximate surface area is 130 Å². The first-order chi connectivity index (χ1) is 9.38. The van der Waals surface area contributed by atoms with Gasteiger partial charge in [-0.1, -0.05) is 30.5 Å². The Balaban J connectivity index is 0.00000121. The molecule has 2 aromatic carbocycles. The Hall–Kier alpha value is -1.70. The van der Waals surface area contributed by atoms with Gasteiger partial charge in [-0.25, -0.2) is 0 Å². The number of fused-ring (bicyclic) bond motifs is 6. The van der Waals surface area contributed by atoms with Crippen LogP contribution in [0.3, 0.4) is 0 Å². The van der Waals surface area contributed by atoms with Crippen molar-refractivity contribution in [2.24, 2.45) is 0 Å². The Bertz CT molecular complexity index is 836. The fourth-order valence-electron chi connectivity index (χ4n) is 2.72. The summed E-state index contributed by atoms with van der Waals surface area (Å²) in [6, 6.07) is 17.9. The average molecular weight is 438 g/mol. The molecule has 0 bridgehead atoms. The van der Waals surface area contributed by atoms with Gasteiger partial charge in [-0.15, -0.1) is 29.7 Å². The second-order valence-corrected chi connectivity index (χ2v) is 4.76. The number of benzene rings is 2. The third-order valence-corrected chi connectivity index (χ3v) is 3.65. The van der Waals surface area contributed by atoms with E-state index in [1.807, 2.05) is 12.1 Å². The number of aromatic nitrogens is 2.